The molecule has 27 heavy (non-hydrogen) atoms. The normalized spacial score (nSPS) is 17.6. The number of carbonyl (C=O) groups excluding carboxylic acids is 2. The Balaban J connectivity index is 1.97. The fourth-order valence-electron chi connectivity index (χ4n) is 3.04. The Labute approximate surface area is 152 Å². The first-order chi connectivity index (χ1) is 12.7. The van der Waals surface area contributed by atoms with Crippen LogP contribution in [0.3, 0.4) is 0 Å². The summed E-state index contributed by atoms with van der Waals surface area (Å²) in [5, 5.41) is 2.61. The second-order valence-electron chi connectivity index (χ2n) is 6.23. The maximum Gasteiger partial charge on any atom is 0.416 e. The van der Waals surface area contributed by atoms with Crippen molar-refractivity contribution in [3.8, 4) is 0 Å². The second kappa shape index (κ2) is 6.90. The molecule has 0 unspecified atom stereocenters. The van der Waals surface area contributed by atoms with Crippen LogP contribution in [0.4, 0.5) is 13.2 Å². The van der Waals surface area contributed by atoms with E-state index >= 15 is 0 Å². The van der Waals surface area contributed by atoms with Crippen molar-refractivity contribution < 1.29 is 22.8 Å². The number of nitrogens with zero attached hydrogens (tertiary/aromatic N) is 1. The van der Waals surface area contributed by atoms with Gasteiger partial charge in [-0.15, -0.1) is 0 Å². The molecule has 9 heteroatoms. The molecule has 142 valence electrons. The lowest BCUT2D eigenvalue weighted by molar-refractivity contribution is -0.137. The molecule has 6 nitrogen and oxygen atoms in total. The highest BCUT2D eigenvalue weighted by atomic mass is 19.4. The van der Waals surface area contributed by atoms with Crippen LogP contribution in [0.2, 0.25) is 0 Å². The van der Waals surface area contributed by atoms with Gasteiger partial charge in [0.15, 0.2) is 0 Å². The first-order valence-electron chi connectivity index (χ1n) is 8.13. The van der Waals surface area contributed by atoms with Gasteiger partial charge < -0.3 is 15.2 Å². The Hall–Kier alpha value is -3.10. The molecule has 0 bridgehead atoms. The van der Waals surface area contributed by atoms with Gasteiger partial charge in [-0.1, -0.05) is 12.1 Å². The number of piperazine rings is 1. The van der Waals surface area contributed by atoms with Crippen molar-refractivity contribution in [2.24, 2.45) is 0 Å². The highest BCUT2D eigenvalue weighted by Crippen LogP contribution is 2.31. The van der Waals surface area contributed by atoms with Crippen LogP contribution in [0.15, 0.2) is 41.2 Å². The smallest absolute Gasteiger partial charge is 0.352 e. The molecule has 1 atom stereocenters. The minimum atomic E-state index is -4.49. The van der Waals surface area contributed by atoms with Gasteiger partial charge in [-0.25, -0.2) is 0 Å². The van der Waals surface area contributed by atoms with E-state index in [2.05, 4.69) is 10.3 Å². The average Bonchev–Trinajstić information content (AvgIpc) is 2.59. The van der Waals surface area contributed by atoms with Gasteiger partial charge in [0.2, 0.25) is 11.5 Å². The van der Waals surface area contributed by atoms with E-state index in [9.17, 15) is 27.6 Å². The first kappa shape index (κ1) is 18.7. The highest BCUT2D eigenvalue weighted by molar-refractivity contribution is 5.98. The summed E-state index contributed by atoms with van der Waals surface area (Å²) in [6.45, 7) is 2.00. The summed E-state index contributed by atoms with van der Waals surface area (Å²) in [6.07, 6.45) is -4.49. The van der Waals surface area contributed by atoms with Gasteiger partial charge in [0.25, 0.3) is 5.91 Å². The molecule has 1 saturated heterocycles. The number of hydrogen-bond donors (Lipinski definition) is 2. The molecule has 0 radical (unpaired) electrons. The summed E-state index contributed by atoms with van der Waals surface area (Å²) < 4.78 is 38.3. The van der Waals surface area contributed by atoms with Crippen molar-refractivity contribution in [2.75, 3.05) is 13.1 Å². The zero-order valence-corrected chi connectivity index (χ0v) is 14.3. The fourth-order valence-corrected chi connectivity index (χ4v) is 3.04. The predicted octanol–water partition coefficient (Wildman–Crippen LogP) is 2.02. The van der Waals surface area contributed by atoms with E-state index in [-0.39, 0.29) is 24.2 Å². The molecule has 2 aromatic rings. The average molecular weight is 379 g/mol. The molecular formula is C18H16F3N3O3. The molecule has 2 N–H and O–H groups in total. The van der Waals surface area contributed by atoms with Gasteiger partial charge in [-0.3, -0.25) is 14.4 Å². The number of aryl methyl sites for hydroxylation is 1. The number of aromatic amines is 1. The zero-order valence-electron chi connectivity index (χ0n) is 14.3. The molecule has 3 rings (SSSR count). The standard InChI is InChI=1S/C18H16F3N3O3/c1-10-8-12(9-14(25)23-10)17(27)24-7-6-22-16(26)15(24)11-2-4-13(5-3-11)18(19,20)21/h2-5,8-9,15H,6-7H2,1H3,(H,22,26)(H,23,25)/t15-/m0/s1. The van der Waals surface area contributed by atoms with Crippen molar-refractivity contribution in [3.05, 3.63) is 69.1 Å². The SMILES string of the molecule is Cc1cc(C(=O)N2CCNC(=O)[C@@H]2c2ccc(C(F)(F)F)cc2)cc(=O)[nH]1. The number of carbonyl (C=O) groups is 2. The fraction of sp³-hybridized carbons (Fsp3) is 0.278. The van der Waals surface area contributed by atoms with E-state index in [4.69, 9.17) is 0 Å². The molecule has 2 amide bonds. The zero-order chi connectivity index (χ0) is 19.8. The number of aromatic nitrogens is 1. The second-order valence-corrected chi connectivity index (χ2v) is 6.23. The van der Waals surface area contributed by atoms with Gasteiger partial charge in [0.1, 0.15) is 6.04 Å². The third kappa shape index (κ3) is 3.86. The third-order valence-electron chi connectivity index (χ3n) is 4.25. The van der Waals surface area contributed by atoms with Gasteiger partial charge in [0.05, 0.1) is 5.56 Å². The van der Waals surface area contributed by atoms with Crippen LogP contribution >= 0.6 is 0 Å². The number of rotatable bonds is 2. The number of alkyl halides is 3. The number of halogens is 3. The summed E-state index contributed by atoms with van der Waals surface area (Å²) in [5.74, 6) is -1.03. The van der Waals surface area contributed by atoms with Crippen molar-refractivity contribution in [1.29, 1.82) is 0 Å². The highest BCUT2D eigenvalue weighted by Gasteiger charge is 2.36. The molecule has 2 heterocycles. The number of H-pyrrole nitrogens is 1. The Bertz CT molecular complexity index is 935. The largest absolute Gasteiger partial charge is 0.416 e. The van der Waals surface area contributed by atoms with Crippen LogP contribution in [0.5, 0.6) is 0 Å². The van der Waals surface area contributed by atoms with Crippen LogP contribution in [-0.2, 0) is 11.0 Å². The van der Waals surface area contributed by atoms with Crippen LogP contribution in [0, 0.1) is 6.92 Å². The molecule has 0 saturated carbocycles. The predicted molar refractivity (Wildman–Crippen MR) is 90.0 cm³/mol. The summed E-state index contributed by atoms with van der Waals surface area (Å²) >= 11 is 0. The lowest BCUT2D eigenvalue weighted by Gasteiger charge is -2.35. The van der Waals surface area contributed by atoms with Crippen molar-refractivity contribution in [2.45, 2.75) is 19.1 Å². The van der Waals surface area contributed by atoms with Crippen molar-refractivity contribution >= 4 is 11.8 Å². The van der Waals surface area contributed by atoms with Gasteiger partial charge in [-0.2, -0.15) is 13.2 Å². The number of pyridine rings is 1. The van der Waals surface area contributed by atoms with E-state index in [1.807, 2.05) is 0 Å². The molecule has 0 spiro atoms. The van der Waals surface area contributed by atoms with Crippen molar-refractivity contribution in [3.63, 3.8) is 0 Å². The summed E-state index contributed by atoms with van der Waals surface area (Å²) in [5.41, 5.74) is -0.437. The van der Waals surface area contributed by atoms with E-state index in [1.54, 1.807) is 6.92 Å². The Morgan fingerprint density at radius 2 is 1.81 bits per heavy atom. The topological polar surface area (TPSA) is 82.3 Å². The first-order valence-corrected chi connectivity index (χ1v) is 8.13. The van der Waals surface area contributed by atoms with Gasteiger partial charge in [0, 0.05) is 30.4 Å². The molecule has 1 fully saturated rings. The maximum absolute atomic E-state index is 12.9. The molecule has 1 aromatic heterocycles. The van der Waals surface area contributed by atoms with E-state index in [0.29, 0.717) is 5.69 Å². The molecule has 1 aliphatic rings. The van der Waals surface area contributed by atoms with E-state index < -0.39 is 35.2 Å². The quantitative estimate of drug-likeness (QED) is 0.838. The van der Waals surface area contributed by atoms with Crippen LogP contribution in [-0.4, -0.2) is 34.8 Å². The maximum atomic E-state index is 12.9. The molecule has 1 aliphatic heterocycles. The number of nitrogens with one attached hydrogen (secondary N) is 2. The third-order valence-corrected chi connectivity index (χ3v) is 4.25. The van der Waals surface area contributed by atoms with Crippen LogP contribution in [0.25, 0.3) is 0 Å². The Kier molecular flexibility index (Phi) is 4.77. The summed E-state index contributed by atoms with van der Waals surface area (Å²) in [7, 11) is 0. The molecular weight excluding hydrogens is 363 g/mol. The van der Waals surface area contributed by atoms with Crippen LogP contribution in [0.1, 0.15) is 33.2 Å². The molecule has 1 aromatic carbocycles. The van der Waals surface area contributed by atoms with Crippen LogP contribution < -0.4 is 10.9 Å². The van der Waals surface area contributed by atoms with Gasteiger partial charge in [-0.05, 0) is 30.7 Å². The Morgan fingerprint density at radius 3 is 2.41 bits per heavy atom. The number of amides is 2. The van der Waals surface area contributed by atoms with Crippen molar-refractivity contribution in [1.82, 2.24) is 15.2 Å². The Morgan fingerprint density at radius 1 is 1.15 bits per heavy atom. The lowest BCUT2D eigenvalue weighted by Crippen LogP contribution is -2.52. The summed E-state index contributed by atoms with van der Waals surface area (Å²) in [4.78, 5) is 40.7. The lowest BCUT2D eigenvalue weighted by atomic mass is 9.99. The summed E-state index contributed by atoms with van der Waals surface area (Å²) in [6, 6.07) is 5.65. The number of benzene rings is 1. The van der Waals surface area contributed by atoms with E-state index in [0.717, 1.165) is 18.2 Å². The number of hydrogen-bond acceptors (Lipinski definition) is 3. The monoisotopic (exact) mass is 379 g/mol. The minimum Gasteiger partial charge on any atom is -0.352 e. The van der Waals surface area contributed by atoms with Gasteiger partial charge >= 0.3 is 6.18 Å². The minimum absolute atomic E-state index is 0.114. The van der Waals surface area contributed by atoms with E-state index in [1.165, 1.54) is 23.1 Å². The molecule has 0 aliphatic carbocycles.